The zero-order chi connectivity index (χ0) is 6.95. The number of rotatable bonds is 4. The molecule has 9 heavy (non-hydrogen) atoms. The van der Waals surface area contributed by atoms with E-state index < -0.39 is 0 Å². The van der Waals surface area contributed by atoms with Gasteiger partial charge in [0.15, 0.2) is 0 Å². The van der Waals surface area contributed by atoms with E-state index in [1.807, 2.05) is 18.2 Å². The van der Waals surface area contributed by atoms with Crippen LogP contribution in [-0.4, -0.2) is 11.7 Å². The molecule has 0 amide bonds. The molecule has 0 aromatic carbocycles. The van der Waals surface area contributed by atoms with Crippen molar-refractivity contribution in [2.45, 2.75) is 6.42 Å². The van der Waals surface area contributed by atoms with Crippen LogP contribution in [0.5, 0.6) is 0 Å². The molecule has 48 valence electrons. The van der Waals surface area contributed by atoms with E-state index in [0.717, 1.165) is 6.42 Å². The van der Waals surface area contributed by atoms with Crippen molar-refractivity contribution < 1.29 is 0 Å². The van der Waals surface area contributed by atoms with E-state index in [0.29, 0.717) is 6.54 Å². The first kappa shape index (κ1) is 8.28. The highest BCUT2D eigenvalue weighted by Crippen LogP contribution is 1.82. The van der Waals surface area contributed by atoms with Crippen LogP contribution in [0.15, 0.2) is 29.8 Å². The van der Waals surface area contributed by atoms with Crippen LogP contribution in [0.2, 0.25) is 0 Å². The molecular weight excluding hydrogens is 130 g/mol. The number of aliphatic imine (C=N–C) groups is 1. The number of nitrogens with zero attached hydrogens (tertiary/aromatic N) is 1. The van der Waals surface area contributed by atoms with Crippen molar-refractivity contribution in [1.29, 1.82) is 0 Å². The Labute approximate surface area is 60.8 Å². The molecule has 0 rings (SSSR count). The molecule has 0 radical (unpaired) electrons. The Bertz CT molecular complexity index is 143. The molecule has 0 aliphatic heterocycles. The fourth-order valence-electron chi connectivity index (χ4n) is 0.357. The maximum absolute atomic E-state index is 4.36. The molecule has 0 aliphatic carbocycles. The number of hydrogen-bond acceptors (Lipinski definition) is 2. The topological polar surface area (TPSA) is 12.4 Å². The van der Waals surface area contributed by atoms with E-state index in [4.69, 9.17) is 0 Å². The van der Waals surface area contributed by atoms with Crippen molar-refractivity contribution in [3.63, 3.8) is 0 Å². The maximum atomic E-state index is 4.36. The minimum Gasteiger partial charge on any atom is -0.228 e. The summed E-state index contributed by atoms with van der Waals surface area (Å²) >= 11 is 4.36. The van der Waals surface area contributed by atoms with Gasteiger partial charge in [-0.2, -0.15) is 0 Å². The van der Waals surface area contributed by atoms with Gasteiger partial charge in [0.1, 0.15) is 0 Å². The molecule has 0 aromatic heterocycles. The van der Waals surface area contributed by atoms with Gasteiger partial charge in [0.25, 0.3) is 0 Å². The third-order valence-corrected chi connectivity index (χ3v) is 0.860. The second-order valence-electron chi connectivity index (χ2n) is 1.43. The minimum atomic E-state index is 0.636. The fraction of sp³-hybridized carbons (Fsp3) is 0.286. The van der Waals surface area contributed by atoms with Gasteiger partial charge in [-0.15, -0.1) is 6.58 Å². The minimum absolute atomic E-state index is 0.636. The van der Waals surface area contributed by atoms with E-state index in [2.05, 4.69) is 29.0 Å². The van der Waals surface area contributed by atoms with Crippen molar-refractivity contribution in [1.82, 2.24) is 0 Å². The van der Waals surface area contributed by atoms with E-state index in [-0.39, 0.29) is 0 Å². The zero-order valence-electron chi connectivity index (χ0n) is 5.21. The number of allylic oxidation sites excluding steroid dienone is 2. The van der Waals surface area contributed by atoms with Crippen molar-refractivity contribution in [2.24, 2.45) is 4.99 Å². The monoisotopic (exact) mass is 139 g/mol. The molecule has 0 fully saturated rings. The molecule has 0 heterocycles. The molecule has 0 N–H and O–H groups in total. The quantitative estimate of drug-likeness (QED) is 0.330. The van der Waals surface area contributed by atoms with Gasteiger partial charge >= 0.3 is 0 Å². The predicted octanol–water partition coefficient (Wildman–Crippen LogP) is 2.22. The maximum Gasteiger partial charge on any atom is 0.0674 e. The Morgan fingerprint density at radius 2 is 2.33 bits per heavy atom. The molecule has 0 saturated heterocycles. The van der Waals surface area contributed by atoms with Gasteiger partial charge in [0.05, 0.1) is 11.7 Å². The zero-order valence-corrected chi connectivity index (χ0v) is 6.03. The molecule has 2 heteroatoms. The Morgan fingerprint density at radius 3 is 2.89 bits per heavy atom. The molecule has 0 bridgehead atoms. The summed E-state index contributed by atoms with van der Waals surface area (Å²) in [5, 5.41) is 2.28. The van der Waals surface area contributed by atoms with Gasteiger partial charge in [-0.05, 0) is 18.6 Å². The van der Waals surface area contributed by atoms with Crippen molar-refractivity contribution >= 4 is 17.4 Å². The molecular formula is C7H9NS. The van der Waals surface area contributed by atoms with E-state index in [1.165, 1.54) is 0 Å². The van der Waals surface area contributed by atoms with Gasteiger partial charge in [-0.25, -0.2) is 4.99 Å². The first-order valence-electron chi connectivity index (χ1n) is 2.71. The molecule has 1 nitrogen and oxygen atoms in total. The van der Waals surface area contributed by atoms with E-state index in [9.17, 15) is 0 Å². The smallest absolute Gasteiger partial charge is 0.0674 e. The third kappa shape index (κ3) is 7.28. The van der Waals surface area contributed by atoms with Gasteiger partial charge in [-0.1, -0.05) is 18.2 Å². The summed E-state index contributed by atoms with van der Waals surface area (Å²) in [6.45, 7) is 4.20. The predicted molar refractivity (Wildman–Crippen MR) is 43.8 cm³/mol. The van der Waals surface area contributed by atoms with Crippen LogP contribution < -0.4 is 0 Å². The molecule has 0 spiro atoms. The summed E-state index contributed by atoms with van der Waals surface area (Å²) in [5.74, 6) is 0. The van der Waals surface area contributed by atoms with Crippen LogP contribution in [0.25, 0.3) is 0 Å². The van der Waals surface area contributed by atoms with Crippen LogP contribution in [0.3, 0.4) is 0 Å². The lowest BCUT2D eigenvalue weighted by Crippen LogP contribution is -1.67. The van der Waals surface area contributed by atoms with E-state index in [1.54, 1.807) is 0 Å². The Hall–Kier alpha value is -0.720. The third-order valence-electron chi connectivity index (χ3n) is 0.731. The summed E-state index contributed by atoms with van der Waals surface area (Å²) in [6.07, 6.45) is 6.65. The molecule has 0 aliphatic rings. The highest BCUT2D eigenvalue weighted by molar-refractivity contribution is 7.78. The molecule has 0 atom stereocenters. The van der Waals surface area contributed by atoms with Gasteiger partial charge in [0.2, 0.25) is 0 Å². The van der Waals surface area contributed by atoms with E-state index >= 15 is 0 Å². The van der Waals surface area contributed by atoms with Crippen LogP contribution >= 0.6 is 12.2 Å². The van der Waals surface area contributed by atoms with Crippen LogP contribution in [0.4, 0.5) is 0 Å². The lowest BCUT2D eigenvalue weighted by Gasteiger charge is -1.77. The Kier molecular flexibility index (Phi) is 6.70. The standard InChI is InChI=1S/C7H9NS/c1-2-3-4-5-6-8-7-9/h2,4-5H,1,3,6H2. The van der Waals surface area contributed by atoms with Crippen molar-refractivity contribution in [3.05, 3.63) is 24.8 Å². The lowest BCUT2D eigenvalue weighted by atomic mass is 10.4. The first-order chi connectivity index (χ1) is 4.41. The average molecular weight is 139 g/mol. The summed E-state index contributed by atoms with van der Waals surface area (Å²) in [7, 11) is 0. The fourth-order valence-corrected chi connectivity index (χ4v) is 0.431. The Balaban J connectivity index is 3.24. The number of thiocarbonyl (C=S) groups is 1. The van der Waals surface area contributed by atoms with Crippen LogP contribution in [0, 0.1) is 0 Å². The molecule has 0 unspecified atom stereocenters. The SMILES string of the molecule is C=CCC=CCN=C=S. The first-order valence-corrected chi connectivity index (χ1v) is 3.12. The molecule has 0 aromatic rings. The average Bonchev–Trinajstić information content (AvgIpc) is 1.89. The lowest BCUT2D eigenvalue weighted by molar-refractivity contribution is 1.24. The molecule has 0 saturated carbocycles. The van der Waals surface area contributed by atoms with Crippen molar-refractivity contribution in [2.75, 3.05) is 6.54 Å². The van der Waals surface area contributed by atoms with Crippen LogP contribution in [-0.2, 0) is 0 Å². The van der Waals surface area contributed by atoms with Gasteiger partial charge < -0.3 is 0 Å². The summed E-state index contributed by atoms with van der Waals surface area (Å²) in [6, 6.07) is 0. The number of hydrogen-bond donors (Lipinski definition) is 0. The summed E-state index contributed by atoms with van der Waals surface area (Å²) in [4.78, 5) is 3.69. The Morgan fingerprint density at radius 1 is 1.56 bits per heavy atom. The van der Waals surface area contributed by atoms with Crippen LogP contribution in [0.1, 0.15) is 6.42 Å². The largest absolute Gasteiger partial charge is 0.228 e. The second kappa shape index (κ2) is 7.28. The highest BCUT2D eigenvalue weighted by atomic mass is 32.1. The van der Waals surface area contributed by atoms with Gasteiger partial charge in [-0.3, -0.25) is 0 Å². The second-order valence-corrected chi connectivity index (χ2v) is 1.61. The number of isothiocyanates is 1. The van der Waals surface area contributed by atoms with Crippen molar-refractivity contribution in [3.8, 4) is 0 Å². The summed E-state index contributed by atoms with van der Waals surface area (Å²) < 4.78 is 0. The normalized spacial score (nSPS) is 8.89. The highest BCUT2D eigenvalue weighted by Gasteiger charge is 1.67. The summed E-state index contributed by atoms with van der Waals surface area (Å²) in [5.41, 5.74) is 0. The van der Waals surface area contributed by atoms with Gasteiger partial charge in [0, 0.05) is 0 Å².